The van der Waals surface area contributed by atoms with Crippen LogP contribution in [-0.4, -0.2) is 21.6 Å². The van der Waals surface area contributed by atoms with Gasteiger partial charge in [-0.05, 0) is 0 Å². The van der Waals surface area contributed by atoms with E-state index in [1.165, 1.54) is 0 Å². The highest BCUT2D eigenvalue weighted by atomic mass is 28.3. The van der Waals surface area contributed by atoms with Crippen LogP contribution in [0.4, 0.5) is 26.1 Å². The molecule has 0 aromatic carbocycles. The summed E-state index contributed by atoms with van der Waals surface area (Å²) in [6.07, 6.45) is -5.70. The number of halogens is 6. The predicted molar refractivity (Wildman–Crippen MR) is 20.7 cm³/mol. The molecule has 0 radical (unpaired) electrons. The summed E-state index contributed by atoms with van der Waals surface area (Å²) in [7, 11) is -3.82. The molecule has 56 valence electrons. The van der Waals surface area contributed by atoms with Crippen molar-refractivity contribution in [2.24, 2.45) is 0 Å². The lowest BCUT2D eigenvalue weighted by atomic mass is 10.7. The van der Waals surface area contributed by atoms with Gasteiger partial charge in [-0.15, -0.1) is 0 Å². The van der Waals surface area contributed by atoms with Gasteiger partial charge in [-0.25, -0.2) is 0 Å². The van der Waals surface area contributed by atoms with Gasteiger partial charge in [0.25, 0.3) is 0 Å². The van der Waals surface area contributed by atoms with E-state index < -0.39 is 21.6 Å². The predicted octanol–water partition coefficient (Wildman–Crippen LogP) is 1.19. The molecule has 0 N–H and O–H groups in total. The van der Waals surface area contributed by atoms with E-state index in [4.69, 9.17) is 0 Å². The van der Waals surface area contributed by atoms with E-state index in [1.54, 1.807) is 0 Å². The van der Waals surface area contributed by atoms with Crippen LogP contribution in [0.3, 0.4) is 0 Å². The quantitative estimate of drug-likeness (QED) is 0.313. The first-order valence-corrected chi connectivity index (χ1v) is 3.06. The third-order valence-corrected chi connectivity index (χ3v) is 1.32. The molecule has 0 heterocycles. The maximum absolute atomic E-state index is 11.2. The van der Waals surface area contributed by atoms with Gasteiger partial charge >= 0.3 is 21.6 Å². The molecule has 0 bridgehead atoms. The summed E-state index contributed by atoms with van der Waals surface area (Å²) in [5.41, 5.74) is -5.05. The molecule has 0 saturated carbocycles. The number of rotatable bonds is 1. The van der Waals surface area contributed by atoms with Crippen molar-refractivity contribution in [2.45, 2.75) is 11.7 Å². The van der Waals surface area contributed by atoms with Gasteiger partial charge in [0.05, 0.1) is 0 Å². The summed E-state index contributed by atoms with van der Waals surface area (Å²) in [5, 5.41) is 0. The Labute approximate surface area is 48.8 Å². The minimum Gasteiger partial charge on any atom is -0.315 e. The highest BCUT2D eigenvalue weighted by Crippen LogP contribution is 2.34. The first-order chi connectivity index (χ1) is 3.81. The summed E-state index contributed by atoms with van der Waals surface area (Å²) >= 11 is 0. The molecule has 0 saturated heterocycles. The van der Waals surface area contributed by atoms with Crippen molar-refractivity contribution in [3.63, 3.8) is 0 Å². The van der Waals surface area contributed by atoms with Crippen LogP contribution in [0.5, 0.6) is 0 Å². The van der Waals surface area contributed by atoms with Crippen LogP contribution in [0.2, 0.25) is 0 Å². The van der Waals surface area contributed by atoms with Gasteiger partial charge in [-0.3, -0.25) is 0 Å². The molecule has 0 aromatic heterocycles. The van der Waals surface area contributed by atoms with E-state index in [9.17, 15) is 26.1 Å². The fourth-order valence-corrected chi connectivity index (χ4v) is 0.227. The molecule has 0 fully saturated rings. The fraction of sp³-hybridized carbons (Fsp3) is 1.00. The largest absolute Gasteiger partial charge is 0.451 e. The number of hydrogen-bond acceptors (Lipinski definition) is 0. The Bertz CT molecular complexity index is 93.7. The van der Waals surface area contributed by atoms with E-state index in [-0.39, 0.29) is 0 Å². The van der Waals surface area contributed by atoms with Crippen LogP contribution >= 0.6 is 0 Å². The molecule has 0 aliphatic heterocycles. The molecule has 0 nitrogen and oxygen atoms in total. The van der Waals surface area contributed by atoms with Crippen LogP contribution in [0.1, 0.15) is 0 Å². The summed E-state index contributed by atoms with van der Waals surface area (Å²) in [4.78, 5) is 0. The molecule has 0 atom stereocenters. The van der Waals surface area contributed by atoms with E-state index >= 15 is 0 Å². The van der Waals surface area contributed by atoms with Gasteiger partial charge in [0.1, 0.15) is 0 Å². The molecular formula is C2H2F6Si. The van der Waals surface area contributed by atoms with Crippen molar-refractivity contribution in [3.05, 3.63) is 0 Å². The maximum Gasteiger partial charge on any atom is 0.451 e. The molecule has 0 unspecified atom stereocenters. The summed E-state index contributed by atoms with van der Waals surface area (Å²) in [6.45, 7) is 0. The van der Waals surface area contributed by atoms with Gasteiger partial charge in [0.15, 0.2) is 0 Å². The summed E-state index contributed by atoms with van der Waals surface area (Å²) in [5.74, 6) is 0. The smallest absolute Gasteiger partial charge is 0.315 e. The first kappa shape index (κ1) is 8.80. The Morgan fingerprint density at radius 2 is 1.22 bits per heavy atom. The molecule has 9 heavy (non-hydrogen) atoms. The van der Waals surface area contributed by atoms with Crippen LogP contribution in [0, 0.1) is 0 Å². The maximum atomic E-state index is 11.2. The Kier molecular flexibility index (Phi) is 2.15. The zero-order valence-electron chi connectivity index (χ0n) is 3.97. The SMILES string of the molecule is F[SiH2]C(F)(F)C(F)(F)F. The highest BCUT2D eigenvalue weighted by molar-refractivity contribution is 6.30. The topological polar surface area (TPSA) is 0 Å². The van der Waals surface area contributed by atoms with Gasteiger partial charge in [0, 0.05) is 0 Å². The number of alkyl halides is 5. The minimum absolute atomic E-state index is 3.82. The van der Waals surface area contributed by atoms with Crippen molar-refractivity contribution in [2.75, 3.05) is 0 Å². The molecule has 0 aliphatic rings. The number of hydrogen-bond donors (Lipinski definition) is 0. The second kappa shape index (κ2) is 2.20. The lowest BCUT2D eigenvalue weighted by Gasteiger charge is -2.14. The van der Waals surface area contributed by atoms with Gasteiger partial charge in [-0.2, -0.15) is 22.0 Å². The van der Waals surface area contributed by atoms with Crippen molar-refractivity contribution in [3.8, 4) is 0 Å². The van der Waals surface area contributed by atoms with E-state index in [0.717, 1.165) is 0 Å². The molecular weight excluding hydrogens is 166 g/mol. The second-order valence-corrected chi connectivity index (χ2v) is 2.49. The van der Waals surface area contributed by atoms with Crippen LogP contribution in [-0.2, 0) is 0 Å². The summed E-state index contributed by atoms with van der Waals surface area (Å²) in [6, 6.07) is 0. The average Bonchev–Trinajstić information content (AvgIpc) is 1.64. The van der Waals surface area contributed by atoms with Crippen LogP contribution in [0.25, 0.3) is 0 Å². The molecule has 0 rings (SSSR count). The van der Waals surface area contributed by atoms with E-state index in [2.05, 4.69) is 0 Å². The zero-order chi connectivity index (χ0) is 7.71. The van der Waals surface area contributed by atoms with Gasteiger partial charge < -0.3 is 4.11 Å². The molecule has 0 spiro atoms. The monoisotopic (exact) mass is 168 g/mol. The second-order valence-electron chi connectivity index (χ2n) is 1.34. The van der Waals surface area contributed by atoms with Crippen molar-refractivity contribution in [1.82, 2.24) is 0 Å². The summed E-state index contributed by atoms with van der Waals surface area (Å²) < 4.78 is 66.0. The standard InChI is InChI=1S/C2H2F6Si/c3-1(4,5)2(6,7)9-8/h9H2. The van der Waals surface area contributed by atoms with Crippen LogP contribution < -0.4 is 0 Å². The van der Waals surface area contributed by atoms with Crippen LogP contribution in [0.15, 0.2) is 0 Å². The normalized spacial score (nSPS) is 15.3. The fourth-order valence-electron chi connectivity index (χ4n) is 0.0758. The molecule has 7 heteroatoms. The molecule has 0 aliphatic carbocycles. The third-order valence-electron chi connectivity index (χ3n) is 0.583. The Balaban J connectivity index is 4.14. The van der Waals surface area contributed by atoms with E-state index in [0.29, 0.717) is 0 Å². The Hall–Kier alpha value is -0.203. The van der Waals surface area contributed by atoms with Gasteiger partial charge in [-0.1, -0.05) is 0 Å². The van der Waals surface area contributed by atoms with Crippen molar-refractivity contribution in [1.29, 1.82) is 0 Å². The highest BCUT2D eigenvalue weighted by Gasteiger charge is 2.57. The first-order valence-electron chi connectivity index (χ1n) is 1.82. The lowest BCUT2D eigenvalue weighted by Crippen LogP contribution is -2.40. The van der Waals surface area contributed by atoms with E-state index in [1.807, 2.05) is 0 Å². The minimum atomic E-state index is -5.70. The Morgan fingerprint density at radius 3 is 1.22 bits per heavy atom. The van der Waals surface area contributed by atoms with Gasteiger partial charge in [0.2, 0.25) is 0 Å². The zero-order valence-corrected chi connectivity index (χ0v) is 5.39. The Morgan fingerprint density at radius 1 is 0.889 bits per heavy atom. The third kappa shape index (κ3) is 1.88. The van der Waals surface area contributed by atoms with Crippen molar-refractivity contribution < 1.29 is 26.1 Å². The molecule has 0 aromatic rings. The lowest BCUT2D eigenvalue weighted by molar-refractivity contribution is -0.245. The average molecular weight is 168 g/mol. The van der Waals surface area contributed by atoms with Crippen molar-refractivity contribution >= 4 is 9.85 Å². The molecule has 0 amide bonds.